The molecule has 1 atom stereocenters. The summed E-state index contributed by atoms with van der Waals surface area (Å²) in [6, 6.07) is 9.96. The van der Waals surface area contributed by atoms with Gasteiger partial charge in [-0.3, -0.25) is 5.10 Å². The van der Waals surface area contributed by atoms with Crippen LogP contribution in [-0.2, 0) is 10.3 Å². The van der Waals surface area contributed by atoms with Crippen molar-refractivity contribution in [2.24, 2.45) is 0 Å². The lowest BCUT2D eigenvalue weighted by molar-refractivity contribution is 0.00967. The number of hydrogen-bond acceptors (Lipinski definition) is 3. The fourth-order valence-corrected chi connectivity index (χ4v) is 2.18. The minimum atomic E-state index is -0.292. The topological polar surface area (TPSA) is 50.8 Å². The average molecular weight is 229 g/mol. The molecule has 1 aliphatic heterocycles. The van der Waals surface area contributed by atoms with Crippen LogP contribution in [-0.4, -0.2) is 21.8 Å². The lowest BCUT2D eigenvalue weighted by atomic mass is 10.0. The molecular weight excluding hydrogens is 214 g/mol. The monoisotopic (exact) mass is 229 g/mol. The molecule has 1 saturated heterocycles. The van der Waals surface area contributed by atoms with Crippen LogP contribution in [0.4, 0.5) is 0 Å². The van der Waals surface area contributed by atoms with E-state index in [1.165, 1.54) is 0 Å². The smallest absolute Gasteiger partial charge is 0.181 e. The van der Waals surface area contributed by atoms with E-state index in [2.05, 4.69) is 22.1 Å². The third kappa shape index (κ3) is 1.85. The molecule has 88 valence electrons. The van der Waals surface area contributed by atoms with Gasteiger partial charge in [0.25, 0.3) is 0 Å². The zero-order valence-electron chi connectivity index (χ0n) is 9.81. The van der Waals surface area contributed by atoms with Gasteiger partial charge in [-0.15, -0.1) is 0 Å². The van der Waals surface area contributed by atoms with Crippen LogP contribution in [0, 0.1) is 0 Å². The second-order valence-corrected chi connectivity index (χ2v) is 4.56. The molecule has 0 radical (unpaired) electrons. The lowest BCUT2D eigenvalue weighted by Crippen LogP contribution is -2.21. The molecule has 1 unspecified atom stereocenters. The van der Waals surface area contributed by atoms with Crippen molar-refractivity contribution in [3.63, 3.8) is 0 Å². The molecule has 0 amide bonds. The molecule has 2 heterocycles. The minimum Gasteiger partial charge on any atom is -0.367 e. The molecule has 1 N–H and O–H groups in total. The first kappa shape index (κ1) is 10.5. The largest absolute Gasteiger partial charge is 0.367 e. The summed E-state index contributed by atoms with van der Waals surface area (Å²) >= 11 is 0. The van der Waals surface area contributed by atoms with Crippen LogP contribution in [0.15, 0.2) is 30.3 Å². The van der Waals surface area contributed by atoms with E-state index in [-0.39, 0.29) is 5.60 Å². The molecule has 0 aliphatic carbocycles. The van der Waals surface area contributed by atoms with E-state index in [4.69, 9.17) is 4.74 Å². The van der Waals surface area contributed by atoms with E-state index in [1.807, 2.05) is 30.3 Å². The second-order valence-electron chi connectivity index (χ2n) is 4.56. The first-order valence-corrected chi connectivity index (χ1v) is 5.90. The number of benzene rings is 1. The fraction of sp³-hybridized carbons (Fsp3) is 0.385. The highest BCUT2D eigenvalue weighted by atomic mass is 16.5. The molecule has 4 heteroatoms. The normalized spacial score (nSPS) is 24.1. The van der Waals surface area contributed by atoms with Crippen molar-refractivity contribution in [1.29, 1.82) is 0 Å². The summed E-state index contributed by atoms with van der Waals surface area (Å²) in [6.07, 6.45) is 2.08. The molecular formula is C13H15N3O. The Balaban J connectivity index is 1.93. The first-order valence-electron chi connectivity index (χ1n) is 5.90. The highest BCUT2D eigenvalue weighted by Crippen LogP contribution is 2.33. The van der Waals surface area contributed by atoms with Crippen LogP contribution in [0.3, 0.4) is 0 Å². The Morgan fingerprint density at radius 1 is 1.29 bits per heavy atom. The summed E-state index contributed by atoms with van der Waals surface area (Å²) in [7, 11) is 0. The molecule has 1 aromatic heterocycles. The Labute approximate surface area is 100 Å². The third-order valence-electron chi connectivity index (χ3n) is 3.24. The van der Waals surface area contributed by atoms with Crippen LogP contribution < -0.4 is 0 Å². The molecule has 3 rings (SSSR count). The van der Waals surface area contributed by atoms with Gasteiger partial charge in [0.2, 0.25) is 0 Å². The van der Waals surface area contributed by atoms with Gasteiger partial charge in [0.1, 0.15) is 5.60 Å². The molecule has 0 saturated carbocycles. The summed E-state index contributed by atoms with van der Waals surface area (Å²) in [4.78, 5) is 4.54. The number of ether oxygens (including phenoxy) is 1. The standard InChI is InChI=1S/C13H15N3O/c1-13(8-5-9-17-13)12-14-11(15-16-12)10-6-3-2-4-7-10/h2-4,6-7H,5,8-9H2,1H3,(H,14,15,16). The predicted octanol–water partition coefficient (Wildman–Crippen LogP) is 2.50. The van der Waals surface area contributed by atoms with Gasteiger partial charge < -0.3 is 4.74 Å². The molecule has 1 aliphatic rings. The van der Waals surface area contributed by atoms with Crippen LogP contribution in [0.5, 0.6) is 0 Å². The van der Waals surface area contributed by atoms with Gasteiger partial charge in [0, 0.05) is 12.2 Å². The predicted molar refractivity (Wildman–Crippen MR) is 64.4 cm³/mol. The Morgan fingerprint density at radius 3 is 2.82 bits per heavy atom. The number of aromatic amines is 1. The van der Waals surface area contributed by atoms with Gasteiger partial charge in [-0.2, -0.15) is 5.10 Å². The van der Waals surface area contributed by atoms with E-state index < -0.39 is 0 Å². The highest BCUT2D eigenvalue weighted by molar-refractivity contribution is 5.53. The summed E-state index contributed by atoms with van der Waals surface area (Å²) in [6.45, 7) is 2.87. The van der Waals surface area contributed by atoms with Crippen LogP contribution in [0.25, 0.3) is 11.4 Å². The number of H-pyrrole nitrogens is 1. The molecule has 0 bridgehead atoms. The van der Waals surface area contributed by atoms with Crippen LogP contribution in [0.2, 0.25) is 0 Å². The van der Waals surface area contributed by atoms with Gasteiger partial charge in [0.05, 0.1) is 0 Å². The van der Waals surface area contributed by atoms with Gasteiger partial charge in [0.15, 0.2) is 11.6 Å². The molecule has 1 aromatic carbocycles. The molecule has 1 fully saturated rings. The number of hydrogen-bond donors (Lipinski definition) is 1. The van der Waals surface area contributed by atoms with Crippen molar-refractivity contribution >= 4 is 0 Å². The minimum absolute atomic E-state index is 0.292. The number of nitrogens with one attached hydrogen (secondary N) is 1. The highest BCUT2D eigenvalue weighted by Gasteiger charge is 2.35. The Morgan fingerprint density at radius 2 is 2.12 bits per heavy atom. The maximum absolute atomic E-state index is 5.74. The summed E-state index contributed by atoms with van der Waals surface area (Å²) in [5, 5.41) is 7.26. The van der Waals surface area contributed by atoms with Gasteiger partial charge in [-0.1, -0.05) is 30.3 Å². The third-order valence-corrected chi connectivity index (χ3v) is 3.24. The van der Waals surface area contributed by atoms with Crippen LogP contribution >= 0.6 is 0 Å². The van der Waals surface area contributed by atoms with E-state index in [9.17, 15) is 0 Å². The quantitative estimate of drug-likeness (QED) is 0.860. The summed E-state index contributed by atoms with van der Waals surface area (Å²) in [5.74, 6) is 1.56. The summed E-state index contributed by atoms with van der Waals surface area (Å²) in [5.41, 5.74) is 0.733. The van der Waals surface area contributed by atoms with Crippen molar-refractivity contribution in [3.05, 3.63) is 36.2 Å². The fourth-order valence-electron chi connectivity index (χ4n) is 2.18. The Bertz CT molecular complexity index is 500. The van der Waals surface area contributed by atoms with Crippen molar-refractivity contribution in [3.8, 4) is 11.4 Å². The molecule has 0 spiro atoms. The molecule has 4 nitrogen and oxygen atoms in total. The van der Waals surface area contributed by atoms with E-state index in [0.29, 0.717) is 0 Å². The van der Waals surface area contributed by atoms with Crippen molar-refractivity contribution in [2.45, 2.75) is 25.4 Å². The van der Waals surface area contributed by atoms with Gasteiger partial charge >= 0.3 is 0 Å². The molecule has 17 heavy (non-hydrogen) atoms. The molecule has 2 aromatic rings. The number of rotatable bonds is 2. The zero-order valence-corrected chi connectivity index (χ0v) is 9.81. The lowest BCUT2D eigenvalue weighted by Gasteiger charge is -2.19. The van der Waals surface area contributed by atoms with Gasteiger partial charge in [-0.05, 0) is 19.8 Å². The Hall–Kier alpha value is -1.68. The first-order chi connectivity index (χ1) is 8.28. The van der Waals surface area contributed by atoms with Gasteiger partial charge in [-0.25, -0.2) is 4.98 Å². The van der Waals surface area contributed by atoms with E-state index in [1.54, 1.807) is 0 Å². The maximum atomic E-state index is 5.74. The van der Waals surface area contributed by atoms with Crippen molar-refractivity contribution in [2.75, 3.05) is 6.61 Å². The average Bonchev–Trinajstić information content (AvgIpc) is 2.99. The van der Waals surface area contributed by atoms with E-state index >= 15 is 0 Å². The number of nitrogens with zero attached hydrogens (tertiary/aromatic N) is 2. The van der Waals surface area contributed by atoms with Crippen LogP contribution in [0.1, 0.15) is 25.6 Å². The SMILES string of the molecule is CC1(c2nc(-c3ccccc3)n[nH]2)CCCO1. The maximum Gasteiger partial charge on any atom is 0.181 e. The zero-order chi connectivity index (χ0) is 11.7. The number of aromatic nitrogens is 3. The van der Waals surface area contributed by atoms with E-state index in [0.717, 1.165) is 36.7 Å². The Kier molecular flexibility index (Phi) is 2.44. The summed E-state index contributed by atoms with van der Waals surface area (Å²) < 4.78 is 5.74. The van der Waals surface area contributed by atoms with Crippen molar-refractivity contribution in [1.82, 2.24) is 15.2 Å². The second kappa shape index (κ2) is 3.96. The van der Waals surface area contributed by atoms with Crippen molar-refractivity contribution < 1.29 is 4.74 Å².